The first-order valence-corrected chi connectivity index (χ1v) is 4.83. The topological polar surface area (TPSA) is 54.9 Å². The largest absolute Gasteiger partial charge is 0.292 e. The van der Waals surface area contributed by atoms with Crippen LogP contribution >= 0.6 is 39.1 Å². The van der Waals surface area contributed by atoms with Crippen LogP contribution in [0.25, 0.3) is 0 Å². The first kappa shape index (κ1) is 10.7. The zero-order valence-electron chi connectivity index (χ0n) is 6.17. The molecule has 0 aliphatic heterocycles. The Bertz CT molecular complexity index is 303. The lowest BCUT2D eigenvalue weighted by Gasteiger charge is -2.02. The fourth-order valence-electron chi connectivity index (χ4n) is 0.542. The van der Waals surface area contributed by atoms with Crippen LogP contribution in [0.5, 0.6) is 0 Å². The maximum atomic E-state index is 10.9. The molecule has 0 unspecified atom stereocenters. The molecule has 0 aliphatic rings. The van der Waals surface area contributed by atoms with Crippen molar-refractivity contribution in [3.8, 4) is 0 Å². The Morgan fingerprint density at radius 1 is 1.46 bits per heavy atom. The predicted molar refractivity (Wildman–Crippen MR) is 53.9 cm³/mol. The van der Waals surface area contributed by atoms with Crippen LogP contribution in [0.15, 0.2) is 16.9 Å². The normalized spacial score (nSPS) is 10.2. The smallest absolute Gasteiger partial charge is 0.260 e. The lowest BCUT2D eigenvalue weighted by molar-refractivity contribution is -0.114. The van der Waals surface area contributed by atoms with Crippen LogP contribution in [0.2, 0.25) is 0 Å². The molecule has 1 amide bonds. The summed E-state index contributed by atoms with van der Waals surface area (Å²) in [5, 5.41) is 2.32. The highest BCUT2D eigenvalue weighted by molar-refractivity contribution is 9.10. The van der Waals surface area contributed by atoms with Crippen LogP contribution in [0.1, 0.15) is 0 Å². The zero-order valence-corrected chi connectivity index (χ0v) is 9.27. The third-order valence-corrected chi connectivity index (χ3v) is 1.86. The van der Waals surface area contributed by atoms with E-state index in [9.17, 15) is 4.79 Å². The molecule has 0 aromatic carbocycles. The molecule has 1 rings (SSSR count). The number of hydrogen-bond acceptors (Lipinski definition) is 3. The Morgan fingerprint density at radius 2 is 2.00 bits per heavy atom. The van der Waals surface area contributed by atoms with Crippen molar-refractivity contribution in [3.63, 3.8) is 0 Å². The summed E-state index contributed by atoms with van der Waals surface area (Å²) in [7, 11) is 0. The summed E-state index contributed by atoms with van der Waals surface area (Å²) in [6.45, 7) is 0. The lowest BCUT2D eigenvalue weighted by Crippen LogP contribution is -2.19. The maximum Gasteiger partial charge on any atom is 0.260 e. The van der Waals surface area contributed by atoms with E-state index < -0.39 is 10.7 Å². The lowest BCUT2D eigenvalue weighted by atomic mass is 10.6. The van der Waals surface area contributed by atoms with E-state index in [0.717, 1.165) is 4.47 Å². The Kier molecular flexibility index (Phi) is 3.90. The predicted octanol–water partition coefficient (Wildman–Crippen LogP) is 1.98. The fourth-order valence-corrected chi connectivity index (χ4v) is 0.855. The number of carbonyl (C=O) groups excluding carboxylic acids is 1. The summed E-state index contributed by atoms with van der Waals surface area (Å²) < 4.78 is 0.721. The Labute approximate surface area is 92.8 Å². The highest BCUT2D eigenvalue weighted by Gasteiger charge is 2.12. The van der Waals surface area contributed by atoms with Gasteiger partial charge in [-0.2, -0.15) is 0 Å². The molecule has 0 bridgehead atoms. The van der Waals surface area contributed by atoms with Crippen LogP contribution in [-0.2, 0) is 4.79 Å². The van der Waals surface area contributed by atoms with E-state index in [-0.39, 0.29) is 5.95 Å². The van der Waals surface area contributed by atoms with Gasteiger partial charge in [0.2, 0.25) is 5.95 Å². The molecule has 0 saturated heterocycles. The highest BCUT2D eigenvalue weighted by atomic mass is 79.9. The van der Waals surface area contributed by atoms with Gasteiger partial charge in [-0.05, 0) is 15.9 Å². The van der Waals surface area contributed by atoms with Crippen molar-refractivity contribution in [2.45, 2.75) is 4.84 Å². The first-order valence-electron chi connectivity index (χ1n) is 3.16. The molecule has 70 valence electrons. The molecule has 13 heavy (non-hydrogen) atoms. The van der Waals surface area contributed by atoms with Crippen molar-refractivity contribution in [2.75, 3.05) is 5.32 Å². The number of aromatic nitrogens is 2. The molecule has 0 spiro atoms. The molecular weight excluding hydrogens is 281 g/mol. The zero-order chi connectivity index (χ0) is 9.84. The maximum absolute atomic E-state index is 10.9. The molecule has 1 aromatic heterocycles. The first-order chi connectivity index (χ1) is 6.09. The number of amides is 1. The molecule has 0 fully saturated rings. The van der Waals surface area contributed by atoms with Crippen LogP contribution < -0.4 is 5.32 Å². The molecular formula is C6H4BrCl2N3O. The van der Waals surface area contributed by atoms with Crippen LogP contribution in [0.4, 0.5) is 5.95 Å². The third-order valence-electron chi connectivity index (χ3n) is 1.05. The SMILES string of the molecule is O=C(Nc1ncc(Br)cn1)C(Cl)Cl. The van der Waals surface area contributed by atoms with Crippen LogP contribution in [-0.4, -0.2) is 20.7 Å². The molecule has 0 saturated carbocycles. The molecule has 1 aromatic rings. The summed E-state index contributed by atoms with van der Waals surface area (Å²) in [6.07, 6.45) is 3.00. The van der Waals surface area contributed by atoms with Gasteiger partial charge in [-0.15, -0.1) is 0 Å². The van der Waals surface area contributed by atoms with Crippen molar-refractivity contribution < 1.29 is 4.79 Å². The van der Waals surface area contributed by atoms with Crippen molar-refractivity contribution in [1.29, 1.82) is 0 Å². The van der Waals surface area contributed by atoms with Gasteiger partial charge in [0.05, 0.1) is 4.47 Å². The van der Waals surface area contributed by atoms with E-state index in [4.69, 9.17) is 23.2 Å². The van der Waals surface area contributed by atoms with E-state index in [0.29, 0.717) is 0 Å². The van der Waals surface area contributed by atoms with Crippen LogP contribution in [0, 0.1) is 0 Å². The van der Waals surface area contributed by atoms with E-state index in [1.165, 1.54) is 12.4 Å². The van der Waals surface area contributed by atoms with Gasteiger partial charge in [0.25, 0.3) is 5.91 Å². The number of rotatable bonds is 2. The number of hydrogen-bond donors (Lipinski definition) is 1. The van der Waals surface area contributed by atoms with Gasteiger partial charge >= 0.3 is 0 Å². The Hall–Kier alpha value is -0.390. The van der Waals surface area contributed by atoms with E-state index in [1.807, 2.05) is 0 Å². The molecule has 1 heterocycles. The quantitative estimate of drug-likeness (QED) is 0.845. The number of anilines is 1. The summed E-state index contributed by atoms with van der Waals surface area (Å²) in [4.78, 5) is 17.4. The summed E-state index contributed by atoms with van der Waals surface area (Å²) in [5.41, 5.74) is 0. The number of nitrogens with one attached hydrogen (secondary N) is 1. The average molecular weight is 285 g/mol. The van der Waals surface area contributed by atoms with Gasteiger partial charge in [-0.3, -0.25) is 10.1 Å². The second-order valence-corrected chi connectivity index (χ2v) is 4.03. The molecule has 4 nitrogen and oxygen atoms in total. The summed E-state index contributed by atoms with van der Waals surface area (Å²) >= 11 is 13.7. The number of carbonyl (C=O) groups is 1. The number of nitrogens with zero attached hydrogens (tertiary/aromatic N) is 2. The fraction of sp³-hybridized carbons (Fsp3) is 0.167. The van der Waals surface area contributed by atoms with Crippen LogP contribution in [0.3, 0.4) is 0 Å². The van der Waals surface area contributed by atoms with E-state index in [1.54, 1.807) is 0 Å². The third kappa shape index (κ3) is 3.46. The second-order valence-electron chi connectivity index (χ2n) is 2.01. The molecule has 7 heteroatoms. The average Bonchev–Trinajstić information content (AvgIpc) is 2.08. The molecule has 1 N–H and O–H groups in total. The highest BCUT2D eigenvalue weighted by Crippen LogP contribution is 2.08. The molecule has 0 atom stereocenters. The minimum atomic E-state index is -1.12. The minimum absolute atomic E-state index is 0.166. The second kappa shape index (κ2) is 4.74. The number of alkyl halides is 2. The van der Waals surface area contributed by atoms with Crippen molar-refractivity contribution in [3.05, 3.63) is 16.9 Å². The van der Waals surface area contributed by atoms with Crippen molar-refractivity contribution in [2.24, 2.45) is 0 Å². The van der Waals surface area contributed by atoms with Gasteiger partial charge < -0.3 is 0 Å². The summed E-state index contributed by atoms with van der Waals surface area (Å²) in [6, 6.07) is 0. The Morgan fingerprint density at radius 3 is 2.46 bits per heavy atom. The molecule has 0 aliphatic carbocycles. The standard InChI is InChI=1S/C6H4BrCl2N3O/c7-3-1-10-6(11-2-3)12-5(13)4(8)9/h1-2,4H,(H,10,11,12,13). The Balaban J connectivity index is 2.65. The molecule has 0 radical (unpaired) electrons. The number of halogens is 3. The van der Waals surface area contributed by atoms with E-state index >= 15 is 0 Å². The minimum Gasteiger partial charge on any atom is -0.292 e. The van der Waals surface area contributed by atoms with E-state index in [2.05, 4.69) is 31.2 Å². The van der Waals surface area contributed by atoms with Gasteiger partial charge in [-0.1, -0.05) is 23.2 Å². The van der Waals surface area contributed by atoms with Gasteiger partial charge in [-0.25, -0.2) is 9.97 Å². The summed E-state index contributed by atoms with van der Waals surface area (Å²) in [5.74, 6) is -0.384. The van der Waals surface area contributed by atoms with Gasteiger partial charge in [0.15, 0.2) is 4.84 Å². The monoisotopic (exact) mass is 283 g/mol. The van der Waals surface area contributed by atoms with Gasteiger partial charge in [0, 0.05) is 12.4 Å². The van der Waals surface area contributed by atoms with Crippen molar-refractivity contribution >= 4 is 51.0 Å². The van der Waals surface area contributed by atoms with Gasteiger partial charge in [0.1, 0.15) is 0 Å². The van der Waals surface area contributed by atoms with Crippen molar-refractivity contribution in [1.82, 2.24) is 9.97 Å².